The summed E-state index contributed by atoms with van der Waals surface area (Å²) < 4.78 is 15.5. The van der Waals surface area contributed by atoms with Crippen LogP contribution in [-0.2, 0) is 14.2 Å². The number of hydrogen-bond acceptors (Lipinski definition) is 4. The molecule has 4 nitrogen and oxygen atoms in total. The van der Waals surface area contributed by atoms with E-state index in [2.05, 4.69) is 0 Å². The van der Waals surface area contributed by atoms with E-state index >= 15 is 0 Å². The lowest BCUT2D eigenvalue weighted by Gasteiger charge is -2.24. The average molecular weight is 191 g/mol. The first-order chi connectivity index (χ1) is 5.95. The molecule has 0 radical (unpaired) electrons. The molecule has 0 fully saturated rings. The van der Waals surface area contributed by atoms with Gasteiger partial charge < -0.3 is 19.9 Å². The van der Waals surface area contributed by atoms with Crippen molar-refractivity contribution in [1.82, 2.24) is 0 Å². The van der Waals surface area contributed by atoms with Crippen LogP contribution in [0.15, 0.2) is 0 Å². The van der Waals surface area contributed by atoms with Crippen molar-refractivity contribution in [2.24, 2.45) is 5.73 Å². The van der Waals surface area contributed by atoms with Crippen LogP contribution in [0.3, 0.4) is 0 Å². The molecule has 0 spiro atoms. The summed E-state index contributed by atoms with van der Waals surface area (Å²) in [7, 11) is 1.65. The third-order valence-corrected chi connectivity index (χ3v) is 1.29. The topological polar surface area (TPSA) is 53.7 Å². The van der Waals surface area contributed by atoms with E-state index in [0.717, 1.165) is 0 Å². The molecular formula is C9H21NO3. The fraction of sp³-hybridized carbons (Fsp3) is 1.00. The van der Waals surface area contributed by atoms with Crippen LogP contribution in [0.1, 0.15) is 20.8 Å². The highest BCUT2D eigenvalue weighted by Gasteiger charge is 2.15. The zero-order valence-corrected chi connectivity index (χ0v) is 9.00. The molecule has 0 aromatic heterocycles. The predicted octanol–water partition coefficient (Wildman–Crippen LogP) is 0.749. The Bertz CT molecular complexity index is 123. The summed E-state index contributed by atoms with van der Waals surface area (Å²) in [6, 6.07) is 0. The lowest BCUT2D eigenvalue weighted by molar-refractivity contribution is -0.0932. The molecule has 13 heavy (non-hydrogen) atoms. The minimum atomic E-state index is -0.593. The second-order valence-electron chi connectivity index (χ2n) is 3.60. The molecule has 0 bridgehead atoms. The second kappa shape index (κ2) is 6.32. The van der Waals surface area contributed by atoms with Crippen molar-refractivity contribution >= 4 is 0 Å². The predicted molar refractivity (Wildman–Crippen MR) is 51.5 cm³/mol. The Hall–Kier alpha value is -0.160. The highest BCUT2D eigenvalue weighted by Crippen LogP contribution is 2.04. The van der Waals surface area contributed by atoms with Gasteiger partial charge in [-0.3, -0.25) is 0 Å². The van der Waals surface area contributed by atoms with Crippen molar-refractivity contribution in [2.75, 3.05) is 26.9 Å². The molecule has 0 aliphatic heterocycles. The van der Waals surface area contributed by atoms with Crippen LogP contribution in [0.4, 0.5) is 0 Å². The molecule has 0 aromatic rings. The lowest BCUT2D eigenvalue weighted by atomic mass is 10.3. The van der Waals surface area contributed by atoms with Crippen LogP contribution in [0.5, 0.6) is 0 Å². The van der Waals surface area contributed by atoms with Crippen LogP contribution in [0, 0.1) is 0 Å². The summed E-state index contributed by atoms with van der Waals surface area (Å²) in [6.07, 6.45) is 0.0110. The van der Waals surface area contributed by atoms with Gasteiger partial charge in [-0.15, -0.1) is 0 Å². The molecule has 0 saturated carbocycles. The summed E-state index contributed by atoms with van der Waals surface area (Å²) in [5.41, 5.74) is 5.07. The summed E-state index contributed by atoms with van der Waals surface area (Å²) in [5, 5.41) is 0. The molecule has 0 saturated heterocycles. The van der Waals surface area contributed by atoms with Gasteiger partial charge in [0.2, 0.25) is 0 Å². The maximum Gasteiger partial charge on any atom is 0.111 e. The van der Waals surface area contributed by atoms with Crippen LogP contribution < -0.4 is 5.73 Å². The Morgan fingerprint density at radius 2 is 1.92 bits per heavy atom. The fourth-order valence-electron chi connectivity index (χ4n) is 0.944. The molecule has 1 atom stereocenters. The van der Waals surface area contributed by atoms with Crippen molar-refractivity contribution in [2.45, 2.75) is 32.6 Å². The van der Waals surface area contributed by atoms with Crippen molar-refractivity contribution in [3.05, 3.63) is 0 Å². The number of rotatable bonds is 7. The maximum atomic E-state index is 5.66. The summed E-state index contributed by atoms with van der Waals surface area (Å²) >= 11 is 0. The molecule has 0 aromatic carbocycles. The van der Waals surface area contributed by atoms with E-state index in [1.165, 1.54) is 0 Å². The number of hydrogen-bond donors (Lipinski definition) is 1. The summed E-state index contributed by atoms with van der Waals surface area (Å²) in [5.74, 6) is 0. The van der Waals surface area contributed by atoms with Gasteiger partial charge >= 0.3 is 0 Å². The molecule has 0 heterocycles. The molecule has 0 amide bonds. The Morgan fingerprint density at radius 1 is 1.31 bits per heavy atom. The molecule has 0 aliphatic rings. The zero-order valence-electron chi connectivity index (χ0n) is 9.00. The SMILES string of the molecule is COCCOCC(C)OC(C)(C)N. The largest absolute Gasteiger partial charge is 0.382 e. The zero-order chi connectivity index (χ0) is 10.3. The van der Waals surface area contributed by atoms with Gasteiger partial charge in [-0.25, -0.2) is 0 Å². The highest BCUT2D eigenvalue weighted by atomic mass is 16.6. The van der Waals surface area contributed by atoms with E-state index in [0.29, 0.717) is 19.8 Å². The third kappa shape index (κ3) is 9.76. The van der Waals surface area contributed by atoms with Crippen molar-refractivity contribution < 1.29 is 14.2 Å². The van der Waals surface area contributed by atoms with E-state index in [4.69, 9.17) is 19.9 Å². The standard InChI is InChI=1S/C9H21NO3/c1-8(13-9(2,3)10)7-12-6-5-11-4/h8H,5-7,10H2,1-4H3. The van der Waals surface area contributed by atoms with Gasteiger partial charge in [0, 0.05) is 7.11 Å². The molecule has 0 rings (SSSR count). The highest BCUT2D eigenvalue weighted by molar-refractivity contribution is 4.60. The van der Waals surface area contributed by atoms with Gasteiger partial charge in [0.25, 0.3) is 0 Å². The quantitative estimate of drug-likeness (QED) is 0.476. The summed E-state index contributed by atoms with van der Waals surface area (Å²) in [4.78, 5) is 0. The molecule has 80 valence electrons. The second-order valence-corrected chi connectivity index (χ2v) is 3.60. The van der Waals surface area contributed by atoms with E-state index in [9.17, 15) is 0 Å². The fourth-order valence-corrected chi connectivity index (χ4v) is 0.944. The smallest absolute Gasteiger partial charge is 0.111 e. The maximum absolute atomic E-state index is 5.66. The Balaban J connectivity index is 3.35. The van der Waals surface area contributed by atoms with E-state index < -0.39 is 5.72 Å². The Labute approximate surface area is 80.3 Å². The van der Waals surface area contributed by atoms with Crippen LogP contribution in [0.25, 0.3) is 0 Å². The molecule has 2 N–H and O–H groups in total. The van der Waals surface area contributed by atoms with Gasteiger partial charge in [0.15, 0.2) is 0 Å². The van der Waals surface area contributed by atoms with Gasteiger partial charge in [0.05, 0.1) is 25.9 Å². The molecule has 0 aliphatic carbocycles. The van der Waals surface area contributed by atoms with Crippen LogP contribution in [0.2, 0.25) is 0 Å². The van der Waals surface area contributed by atoms with E-state index in [1.807, 2.05) is 20.8 Å². The molecular weight excluding hydrogens is 170 g/mol. The van der Waals surface area contributed by atoms with Crippen LogP contribution in [-0.4, -0.2) is 38.8 Å². The Kier molecular flexibility index (Phi) is 6.24. The van der Waals surface area contributed by atoms with Crippen molar-refractivity contribution in [3.63, 3.8) is 0 Å². The van der Waals surface area contributed by atoms with Gasteiger partial charge in [-0.1, -0.05) is 0 Å². The van der Waals surface area contributed by atoms with Crippen molar-refractivity contribution in [3.8, 4) is 0 Å². The minimum Gasteiger partial charge on any atom is -0.382 e. The molecule has 1 unspecified atom stereocenters. The van der Waals surface area contributed by atoms with Gasteiger partial charge in [0.1, 0.15) is 5.72 Å². The van der Waals surface area contributed by atoms with Crippen molar-refractivity contribution in [1.29, 1.82) is 0 Å². The molecule has 4 heteroatoms. The van der Waals surface area contributed by atoms with E-state index in [-0.39, 0.29) is 6.10 Å². The number of nitrogens with two attached hydrogens (primary N) is 1. The normalized spacial score (nSPS) is 14.5. The third-order valence-electron chi connectivity index (χ3n) is 1.29. The average Bonchev–Trinajstić information content (AvgIpc) is 1.94. The Morgan fingerprint density at radius 3 is 2.38 bits per heavy atom. The van der Waals surface area contributed by atoms with Crippen LogP contribution >= 0.6 is 0 Å². The van der Waals surface area contributed by atoms with Gasteiger partial charge in [-0.2, -0.15) is 0 Å². The minimum absolute atomic E-state index is 0.0110. The number of ether oxygens (including phenoxy) is 3. The van der Waals surface area contributed by atoms with Gasteiger partial charge in [-0.05, 0) is 20.8 Å². The first-order valence-electron chi connectivity index (χ1n) is 4.49. The first-order valence-corrected chi connectivity index (χ1v) is 4.49. The summed E-state index contributed by atoms with van der Waals surface area (Å²) in [6.45, 7) is 7.32. The monoisotopic (exact) mass is 191 g/mol. The number of methoxy groups -OCH3 is 1. The van der Waals surface area contributed by atoms with E-state index in [1.54, 1.807) is 7.11 Å². The lowest BCUT2D eigenvalue weighted by Crippen LogP contribution is -2.39. The first kappa shape index (κ1) is 12.8.